The van der Waals surface area contributed by atoms with Gasteiger partial charge in [0.2, 0.25) is 0 Å². The van der Waals surface area contributed by atoms with Gasteiger partial charge in [-0.15, -0.1) is 0 Å². The van der Waals surface area contributed by atoms with E-state index in [1.807, 2.05) is 18.2 Å². The van der Waals surface area contributed by atoms with Crippen LogP contribution in [0.2, 0.25) is 0 Å². The van der Waals surface area contributed by atoms with Gasteiger partial charge in [-0.1, -0.05) is 43.7 Å². The molecule has 0 amide bonds. The summed E-state index contributed by atoms with van der Waals surface area (Å²) in [7, 11) is 0. The molecule has 0 bridgehead atoms. The molecule has 3 nitrogen and oxygen atoms in total. The standard InChI is InChI=1S/C16H23NO2/c1-2-16(13-8-4-3-5-9-13)18-12-15(19-16)14-10-6-7-11-17-14/h3-5,8-9,14-15,17H,2,6-7,10-12H2,1H3/t14-,15-,16-/m1/s1. The quantitative estimate of drug-likeness (QED) is 0.907. The average Bonchev–Trinajstić information content (AvgIpc) is 2.95. The second-order valence-corrected chi connectivity index (χ2v) is 5.50. The number of piperidine rings is 1. The Morgan fingerprint density at radius 2 is 2.11 bits per heavy atom. The van der Waals surface area contributed by atoms with E-state index in [1.165, 1.54) is 19.3 Å². The third-order valence-corrected chi connectivity index (χ3v) is 4.30. The fourth-order valence-electron chi connectivity index (χ4n) is 3.16. The zero-order valence-electron chi connectivity index (χ0n) is 11.6. The molecule has 0 spiro atoms. The lowest BCUT2D eigenvalue weighted by Crippen LogP contribution is -2.45. The molecule has 104 valence electrons. The van der Waals surface area contributed by atoms with E-state index < -0.39 is 5.79 Å². The molecule has 1 N–H and O–H groups in total. The normalized spacial score (nSPS) is 35.4. The van der Waals surface area contributed by atoms with Gasteiger partial charge in [0.15, 0.2) is 5.79 Å². The molecule has 0 aromatic heterocycles. The van der Waals surface area contributed by atoms with Gasteiger partial charge in [0.05, 0.1) is 6.61 Å². The maximum atomic E-state index is 6.34. The summed E-state index contributed by atoms with van der Waals surface area (Å²) in [5.41, 5.74) is 1.14. The van der Waals surface area contributed by atoms with Crippen LogP contribution in [0.25, 0.3) is 0 Å². The van der Waals surface area contributed by atoms with Crippen LogP contribution in [0.15, 0.2) is 30.3 Å². The summed E-state index contributed by atoms with van der Waals surface area (Å²) in [5.74, 6) is -0.537. The first-order chi connectivity index (χ1) is 9.34. The molecule has 1 aromatic rings. The second kappa shape index (κ2) is 5.61. The molecule has 3 heteroatoms. The van der Waals surface area contributed by atoms with Crippen LogP contribution >= 0.6 is 0 Å². The molecular weight excluding hydrogens is 238 g/mol. The van der Waals surface area contributed by atoms with Gasteiger partial charge >= 0.3 is 0 Å². The molecule has 3 rings (SSSR count). The van der Waals surface area contributed by atoms with Crippen molar-refractivity contribution in [2.45, 2.75) is 50.5 Å². The number of ether oxygens (including phenoxy) is 2. The summed E-state index contributed by atoms with van der Waals surface area (Å²) >= 11 is 0. The van der Waals surface area contributed by atoms with Crippen molar-refractivity contribution < 1.29 is 9.47 Å². The Kier molecular flexibility index (Phi) is 3.87. The van der Waals surface area contributed by atoms with Crippen LogP contribution in [0, 0.1) is 0 Å². The van der Waals surface area contributed by atoms with E-state index in [4.69, 9.17) is 9.47 Å². The smallest absolute Gasteiger partial charge is 0.195 e. The lowest BCUT2D eigenvalue weighted by Gasteiger charge is -2.31. The van der Waals surface area contributed by atoms with Gasteiger partial charge in [0, 0.05) is 18.0 Å². The van der Waals surface area contributed by atoms with Crippen molar-refractivity contribution in [3.05, 3.63) is 35.9 Å². The molecule has 2 saturated heterocycles. The van der Waals surface area contributed by atoms with Crippen LogP contribution in [-0.4, -0.2) is 25.3 Å². The summed E-state index contributed by atoms with van der Waals surface area (Å²) < 4.78 is 12.4. The van der Waals surface area contributed by atoms with Gasteiger partial charge in [-0.25, -0.2) is 0 Å². The van der Waals surface area contributed by atoms with Crippen molar-refractivity contribution in [2.75, 3.05) is 13.2 Å². The molecule has 0 unspecified atom stereocenters. The molecule has 2 heterocycles. The number of rotatable bonds is 3. The van der Waals surface area contributed by atoms with E-state index in [9.17, 15) is 0 Å². The van der Waals surface area contributed by atoms with Crippen molar-refractivity contribution in [3.63, 3.8) is 0 Å². The maximum Gasteiger partial charge on any atom is 0.195 e. The first-order valence-electron chi connectivity index (χ1n) is 7.45. The fraction of sp³-hybridized carbons (Fsp3) is 0.625. The van der Waals surface area contributed by atoms with Gasteiger partial charge in [0.25, 0.3) is 0 Å². The van der Waals surface area contributed by atoms with Crippen molar-refractivity contribution in [2.24, 2.45) is 0 Å². The Bertz CT molecular complexity index is 402. The summed E-state index contributed by atoms with van der Waals surface area (Å²) in [6.45, 7) is 3.93. The van der Waals surface area contributed by atoms with Crippen molar-refractivity contribution in [3.8, 4) is 0 Å². The van der Waals surface area contributed by atoms with E-state index in [0.29, 0.717) is 12.6 Å². The molecule has 0 aliphatic carbocycles. The highest BCUT2D eigenvalue weighted by Gasteiger charge is 2.44. The molecule has 1 aromatic carbocycles. The maximum absolute atomic E-state index is 6.34. The van der Waals surface area contributed by atoms with Crippen LogP contribution in [-0.2, 0) is 15.3 Å². The highest BCUT2D eigenvalue weighted by atomic mass is 16.7. The van der Waals surface area contributed by atoms with Gasteiger partial charge in [-0.3, -0.25) is 0 Å². The molecule has 2 aliphatic heterocycles. The van der Waals surface area contributed by atoms with Gasteiger partial charge < -0.3 is 14.8 Å². The number of hydrogen-bond donors (Lipinski definition) is 1. The van der Waals surface area contributed by atoms with Gasteiger partial charge in [-0.05, 0) is 19.4 Å². The monoisotopic (exact) mass is 261 g/mol. The van der Waals surface area contributed by atoms with Gasteiger partial charge in [0.1, 0.15) is 6.10 Å². The molecule has 0 saturated carbocycles. The molecule has 2 aliphatic rings. The first kappa shape index (κ1) is 13.1. The van der Waals surface area contributed by atoms with Crippen LogP contribution in [0.3, 0.4) is 0 Å². The van der Waals surface area contributed by atoms with E-state index in [-0.39, 0.29) is 6.10 Å². The van der Waals surface area contributed by atoms with Crippen LogP contribution in [0.4, 0.5) is 0 Å². The van der Waals surface area contributed by atoms with Crippen molar-refractivity contribution in [1.82, 2.24) is 5.32 Å². The Labute approximate surface area is 115 Å². The van der Waals surface area contributed by atoms with Crippen LogP contribution in [0.5, 0.6) is 0 Å². The fourth-order valence-corrected chi connectivity index (χ4v) is 3.16. The zero-order valence-corrected chi connectivity index (χ0v) is 11.6. The average molecular weight is 261 g/mol. The lowest BCUT2D eigenvalue weighted by molar-refractivity contribution is -0.182. The Hall–Kier alpha value is -0.900. The lowest BCUT2D eigenvalue weighted by atomic mass is 10.00. The number of benzene rings is 1. The Balaban J connectivity index is 1.75. The van der Waals surface area contributed by atoms with E-state index >= 15 is 0 Å². The largest absolute Gasteiger partial charge is 0.343 e. The third kappa shape index (κ3) is 2.55. The molecule has 3 atom stereocenters. The predicted octanol–water partition coefficient (Wildman–Crippen LogP) is 2.81. The molecule has 2 fully saturated rings. The summed E-state index contributed by atoms with van der Waals surface area (Å²) in [5, 5.41) is 3.57. The van der Waals surface area contributed by atoms with Crippen molar-refractivity contribution >= 4 is 0 Å². The van der Waals surface area contributed by atoms with Gasteiger partial charge in [-0.2, -0.15) is 0 Å². The highest BCUT2D eigenvalue weighted by molar-refractivity contribution is 5.21. The Morgan fingerprint density at radius 3 is 2.79 bits per heavy atom. The van der Waals surface area contributed by atoms with E-state index in [1.54, 1.807) is 0 Å². The summed E-state index contributed by atoms with van der Waals surface area (Å²) in [6.07, 6.45) is 4.80. The van der Waals surface area contributed by atoms with Crippen LogP contribution < -0.4 is 5.32 Å². The van der Waals surface area contributed by atoms with Crippen molar-refractivity contribution in [1.29, 1.82) is 0 Å². The zero-order chi connectivity index (χ0) is 13.1. The predicted molar refractivity (Wildman–Crippen MR) is 74.9 cm³/mol. The SMILES string of the molecule is CC[C@@]1(c2ccccc2)OC[C@H]([C@H]2CCCCN2)O1. The number of nitrogens with one attached hydrogen (secondary N) is 1. The molecule has 19 heavy (non-hydrogen) atoms. The minimum Gasteiger partial charge on any atom is -0.343 e. The summed E-state index contributed by atoms with van der Waals surface area (Å²) in [4.78, 5) is 0. The molecular formula is C16H23NO2. The topological polar surface area (TPSA) is 30.5 Å². The minimum absolute atomic E-state index is 0.181. The third-order valence-electron chi connectivity index (χ3n) is 4.30. The van der Waals surface area contributed by atoms with E-state index in [0.717, 1.165) is 18.5 Å². The minimum atomic E-state index is -0.537. The highest BCUT2D eigenvalue weighted by Crippen LogP contribution is 2.38. The summed E-state index contributed by atoms with van der Waals surface area (Å²) in [6, 6.07) is 10.8. The number of hydrogen-bond acceptors (Lipinski definition) is 3. The first-order valence-corrected chi connectivity index (χ1v) is 7.45. The second-order valence-electron chi connectivity index (χ2n) is 5.50. The Morgan fingerprint density at radius 1 is 1.26 bits per heavy atom. The van der Waals surface area contributed by atoms with Crippen LogP contribution in [0.1, 0.15) is 38.2 Å². The van der Waals surface area contributed by atoms with E-state index in [2.05, 4.69) is 24.4 Å². The molecule has 0 radical (unpaired) electrons.